The first-order valence-electron chi connectivity index (χ1n) is 8.14. The van der Waals surface area contributed by atoms with Crippen molar-refractivity contribution < 1.29 is 9.59 Å². The van der Waals surface area contributed by atoms with Gasteiger partial charge in [-0.2, -0.15) is 0 Å². The molecule has 1 fully saturated rings. The quantitative estimate of drug-likeness (QED) is 0.914. The maximum Gasteiger partial charge on any atom is 0.249 e. The van der Waals surface area contributed by atoms with Crippen LogP contribution in [0.1, 0.15) is 18.0 Å². The molecular weight excluding hydrogens is 338 g/mol. The fraction of sp³-hybridized carbons (Fsp3) is 0.263. The number of anilines is 1. The number of hydrogen-bond donors (Lipinski definition) is 1. The molecule has 2 atom stereocenters. The minimum Gasteiger partial charge on any atom is -0.332 e. The van der Waals surface area contributed by atoms with E-state index in [9.17, 15) is 9.59 Å². The van der Waals surface area contributed by atoms with Crippen molar-refractivity contribution in [3.63, 3.8) is 0 Å². The zero-order valence-electron chi connectivity index (χ0n) is 13.9. The second-order valence-electron chi connectivity index (χ2n) is 6.08. The van der Waals surface area contributed by atoms with Crippen LogP contribution < -0.4 is 10.6 Å². The molecule has 0 bridgehead atoms. The summed E-state index contributed by atoms with van der Waals surface area (Å²) in [6, 6.07) is 15.0. The van der Waals surface area contributed by atoms with Gasteiger partial charge in [-0.1, -0.05) is 54.1 Å². The minimum atomic E-state index is -0.784. The van der Waals surface area contributed by atoms with Crippen molar-refractivity contribution >= 4 is 29.1 Å². The third-order valence-corrected chi connectivity index (χ3v) is 4.88. The average molecular weight is 358 g/mol. The Morgan fingerprint density at radius 2 is 1.84 bits per heavy atom. The van der Waals surface area contributed by atoms with Gasteiger partial charge in [-0.05, 0) is 24.1 Å². The Bertz CT molecular complexity index is 781. The van der Waals surface area contributed by atoms with E-state index in [4.69, 9.17) is 17.3 Å². The molecule has 0 spiro atoms. The normalized spacial score (nSPS) is 18.3. The Morgan fingerprint density at radius 3 is 2.52 bits per heavy atom. The molecule has 130 valence electrons. The SMILES string of the molecule is CN(C(=O)C(N)c1ccccc1)C1CCN(c2ccccc2Cl)C1=O. The van der Waals surface area contributed by atoms with E-state index in [1.807, 2.05) is 42.5 Å². The highest BCUT2D eigenvalue weighted by molar-refractivity contribution is 6.34. The van der Waals surface area contributed by atoms with Crippen LogP contribution in [-0.2, 0) is 9.59 Å². The van der Waals surface area contributed by atoms with Crippen molar-refractivity contribution in [2.45, 2.75) is 18.5 Å². The molecular formula is C19H20ClN3O2. The number of benzene rings is 2. The van der Waals surface area contributed by atoms with Crippen LogP contribution in [0.15, 0.2) is 54.6 Å². The fourth-order valence-electron chi connectivity index (χ4n) is 3.11. The summed E-state index contributed by atoms with van der Waals surface area (Å²) in [5.74, 6) is -0.408. The lowest BCUT2D eigenvalue weighted by Gasteiger charge is -2.27. The smallest absolute Gasteiger partial charge is 0.249 e. The molecule has 25 heavy (non-hydrogen) atoms. The highest BCUT2D eigenvalue weighted by atomic mass is 35.5. The third kappa shape index (κ3) is 3.38. The summed E-state index contributed by atoms with van der Waals surface area (Å²) in [6.45, 7) is 0.519. The van der Waals surface area contributed by atoms with Gasteiger partial charge >= 0.3 is 0 Å². The number of nitrogens with zero attached hydrogens (tertiary/aromatic N) is 2. The van der Waals surface area contributed by atoms with Gasteiger partial charge in [-0.25, -0.2) is 0 Å². The molecule has 0 radical (unpaired) electrons. The van der Waals surface area contributed by atoms with Crippen LogP contribution in [0.4, 0.5) is 5.69 Å². The second kappa shape index (κ2) is 7.25. The summed E-state index contributed by atoms with van der Waals surface area (Å²) in [5.41, 5.74) is 7.49. The number of amides is 2. The lowest BCUT2D eigenvalue weighted by Crippen LogP contribution is -2.46. The Hall–Kier alpha value is -2.37. The number of rotatable bonds is 4. The van der Waals surface area contributed by atoms with Gasteiger partial charge < -0.3 is 15.5 Å². The molecule has 3 rings (SSSR count). The van der Waals surface area contributed by atoms with Crippen molar-refractivity contribution in [3.8, 4) is 0 Å². The highest BCUT2D eigenvalue weighted by Gasteiger charge is 2.39. The van der Waals surface area contributed by atoms with Gasteiger partial charge in [0.1, 0.15) is 12.1 Å². The number of likely N-dealkylation sites (N-methyl/N-ethyl adjacent to an activating group) is 1. The molecule has 1 saturated heterocycles. The number of nitrogens with two attached hydrogens (primary N) is 1. The van der Waals surface area contributed by atoms with Gasteiger partial charge in [0.05, 0.1) is 10.7 Å². The first-order valence-corrected chi connectivity index (χ1v) is 8.51. The molecule has 2 N–H and O–H groups in total. The summed E-state index contributed by atoms with van der Waals surface area (Å²) in [5, 5.41) is 0.520. The summed E-state index contributed by atoms with van der Waals surface area (Å²) < 4.78 is 0. The van der Waals surface area contributed by atoms with Crippen LogP contribution in [0.5, 0.6) is 0 Å². The van der Waals surface area contributed by atoms with Gasteiger partial charge in [0.2, 0.25) is 11.8 Å². The van der Waals surface area contributed by atoms with Crippen molar-refractivity contribution in [2.75, 3.05) is 18.5 Å². The molecule has 2 aromatic rings. The van der Waals surface area contributed by atoms with Crippen LogP contribution in [0.3, 0.4) is 0 Å². The van der Waals surface area contributed by atoms with Crippen molar-refractivity contribution in [3.05, 3.63) is 65.2 Å². The lowest BCUT2D eigenvalue weighted by molar-refractivity contribution is -0.137. The van der Waals surface area contributed by atoms with Crippen molar-refractivity contribution in [2.24, 2.45) is 5.73 Å². The van der Waals surface area contributed by atoms with Gasteiger partial charge in [-0.3, -0.25) is 9.59 Å². The predicted molar refractivity (Wildman–Crippen MR) is 98.4 cm³/mol. The molecule has 2 amide bonds. The molecule has 1 aliphatic rings. The van der Waals surface area contributed by atoms with Gasteiger partial charge in [0, 0.05) is 13.6 Å². The fourth-order valence-corrected chi connectivity index (χ4v) is 3.35. The van der Waals surface area contributed by atoms with E-state index in [0.29, 0.717) is 23.7 Å². The van der Waals surface area contributed by atoms with Crippen LogP contribution in [0.2, 0.25) is 5.02 Å². The number of para-hydroxylation sites is 1. The number of hydrogen-bond acceptors (Lipinski definition) is 3. The average Bonchev–Trinajstić information content (AvgIpc) is 3.02. The van der Waals surface area contributed by atoms with E-state index in [1.54, 1.807) is 24.1 Å². The Labute approximate surface area is 152 Å². The zero-order valence-corrected chi connectivity index (χ0v) is 14.7. The van der Waals surface area contributed by atoms with E-state index in [1.165, 1.54) is 4.90 Å². The maximum absolute atomic E-state index is 12.8. The Kier molecular flexibility index (Phi) is 5.06. The minimum absolute atomic E-state index is 0.135. The molecule has 0 aliphatic carbocycles. The van der Waals surface area contributed by atoms with E-state index in [-0.39, 0.29) is 11.8 Å². The van der Waals surface area contributed by atoms with Gasteiger partial charge in [0.15, 0.2) is 0 Å². The van der Waals surface area contributed by atoms with Gasteiger partial charge in [-0.15, -0.1) is 0 Å². The van der Waals surface area contributed by atoms with Crippen LogP contribution >= 0.6 is 11.6 Å². The first-order chi connectivity index (χ1) is 12.0. The molecule has 1 heterocycles. The van der Waals surface area contributed by atoms with E-state index in [2.05, 4.69) is 0 Å². The lowest BCUT2D eigenvalue weighted by atomic mass is 10.1. The maximum atomic E-state index is 12.8. The van der Waals surface area contributed by atoms with Gasteiger partial charge in [0.25, 0.3) is 0 Å². The number of carbonyl (C=O) groups excluding carboxylic acids is 2. The van der Waals surface area contributed by atoms with Crippen LogP contribution in [-0.4, -0.2) is 36.3 Å². The molecule has 1 aliphatic heterocycles. The summed E-state index contributed by atoms with van der Waals surface area (Å²) >= 11 is 6.20. The molecule has 2 aromatic carbocycles. The Balaban J connectivity index is 1.75. The van der Waals surface area contributed by atoms with E-state index >= 15 is 0 Å². The molecule has 6 heteroatoms. The monoisotopic (exact) mass is 357 g/mol. The summed E-state index contributed by atoms with van der Waals surface area (Å²) in [4.78, 5) is 28.6. The van der Waals surface area contributed by atoms with Crippen molar-refractivity contribution in [1.82, 2.24) is 4.90 Å². The van der Waals surface area contributed by atoms with Crippen LogP contribution in [0, 0.1) is 0 Å². The summed E-state index contributed by atoms with van der Waals surface area (Å²) in [7, 11) is 1.63. The van der Waals surface area contributed by atoms with E-state index in [0.717, 1.165) is 5.56 Å². The van der Waals surface area contributed by atoms with E-state index < -0.39 is 12.1 Å². The first kappa shape index (κ1) is 17.5. The Morgan fingerprint density at radius 1 is 1.20 bits per heavy atom. The van der Waals surface area contributed by atoms with Crippen molar-refractivity contribution in [1.29, 1.82) is 0 Å². The largest absolute Gasteiger partial charge is 0.332 e. The molecule has 0 aromatic heterocycles. The molecule has 5 nitrogen and oxygen atoms in total. The predicted octanol–water partition coefficient (Wildman–Crippen LogP) is 2.60. The standard InChI is InChI=1S/C19H20ClN3O2/c1-22(19(25)17(21)13-7-3-2-4-8-13)16-11-12-23(18(16)24)15-10-6-5-9-14(15)20/h2-10,16-17H,11-12,21H2,1H3. The zero-order chi connectivity index (χ0) is 18.0. The second-order valence-corrected chi connectivity index (χ2v) is 6.49. The third-order valence-electron chi connectivity index (χ3n) is 4.56. The topological polar surface area (TPSA) is 66.6 Å². The number of carbonyl (C=O) groups is 2. The number of halogens is 1. The highest BCUT2D eigenvalue weighted by Crippen LogP contribution is 2.30. The summed E-state index contributed by atoms with van der Waals surface area (Å²) in [6.07, 6.45) is 0.549. The van der Waals surface area contributed by atoms with Crippen LogP contribution in [0.25, 0.3) is 0 Å². The molecule has 0 saturated carbocycles. The molecule has 2 unspecified atom stereocenters.